The molecule has 0 heterocycles. The first-order chi connectivity index (χ1) is 7.19. The van der Waals surface area contributed by atoms with Crippen molar-refractivity contribution in [3.05, 3.63) is 29.3 Å². The van der Waals surface area contributed by atoms with Gasteiger partial charge < -0.3 is 14.8 Å². The van der Waals surface area contributed by atoms with Gasteiger partial charge in [0.05, 0.1) is 0 Å². The Hall–Kier alpha value is -1.20. The van der Waals surface area contributed by atoms with Crippen molar-refractivity contribution in [2.75, 3.05) is 21.0 Å². The van der Waals surface area contributed by atoms with Gasteiger partial charge in [0.1, 0.15) is 0 Å². The summed E-state index contributed by atoms with van der Waals surface area (Å²) in [4.78, 5) is 0. The van der Waals surface area contributed by atoms with E-state index in [1.54, 1.807) is 7.05 Å². The molecule has 0 bridgehead atoms. The van der Waals surface area contributed by atoms with Crippen molar-refractivity contribution < 1.29 is 18.3 Å². The molecule has 5 heteroatoms. The van der Waals surface area contributed by atoms with E-state index in [2.05, 4.69) is 10.1 Å². The number of halogens is 2. The third-order valence-electron chi connectivity index (χ3n) is 1.76. The van der Waals surface area contributed by atoms with Crippen LogP contribution in [-0.2, 0) is 11.3 Å². The van der Waals surface area contributed by atoms with E-state index in [9.17, 15) is 8.78 Å². The lowest BCUT2D eigenvalue weighted by Crippen LogP contribution is -2.08. The Labute approximate surface area is 87.0 Å². The second-order valence-electron chi connectivity index (χ2n) is 2.97. The van der Waals surface area contributed by atoms with Crippen LogP contribution >= 0.6 is 0 Å². The molecule has 0 radical (unpaired) electrons. The molecule has 84 valence electrons. The molecule has 15 heavy (non-hydrogen) atoms. The van der Waals surface area contributed by atoms with Crippen LogP contribution in [0.3, 0.4) is 0 Å². The maximum atomic E-state index is 13.3. The van der Waals surface area contributed by atoms with Crippen LogP contribution in [0.4, 0.5) is 8.78 Å². The number of nitrogens with one attached hydrogen (secondary N) is 1. The minimum Gasteiger partial charge on any atom is -0.461 e. The molecule has 0 saturated carbocycles. The van der Waals surface area contributed by atoms with E-state index in [4.69, 9.17) is 4.74 Å². The number of hydrogen-bond acceptors (Lipinski definition) is 3. The maximum Gasteiger partial charge on any atom is 0.193 e. The molecule has 1 aromatic carbocycles. The van der Waals surface area contributed by atoms with Crippen molar-refractivity contribution in [1.82, 2.24) is 5.32 Å². The molecule has 0 spiro atoms. The van der Waals surface area contributed by atoms with Gasteiger partial charge in [-0.05, 0) is 24.7 Å². The van der Waals surface area contributed by atoms with Gasteiger partial charge in [-0.3, -0.25) is 0 Å². The standard InChI is InChI=1S/C10H13F2NO2/c1-13-5-7-3-8(11)10(9(12)4-7)15-6-14-2/h3-4,13H,5-6H2,1-2H3. The molecule has 0 saturated heterocycles. The predicted molar refractivity (Wildman–Crippen MR) is 51.6 cm³/mol. The zero-order valence-electron chi connectivity index (χ0n) is 8.64. The van der Waals surface area contributed by atoms with Crippen molar-refractivity contribution in [3.8, 4) is 5.75 Å². The summed E-state index contributed by atoms with van der Waals surface area (Å²) in [5.41, 5.74) is 0.525. The van der Waals surface area contributed by atoms with Gasteiger partial charge in [0.25, 0.3) is 0 Å². The molecular weight excluding hydrogens is 204 g/mol. The van der Waals surface area contributed by atoms with Gasteiger partial charge in [-0.15, -0.1) is 0 Å². The summed E-state index contributed by atoms with van der Waals surface area (Å²) in [5.74, 6) is -1.86. The van der Waals surface area contributed by atoms with Gasteiger partial charge in [0.15, 0.2) is 24.2 Å². The number of rotatable bonds is 5. The molecule has 0 unspecified atom stereocenters. The Morgan fingerprint density at radius 2 is 1.87 bits per heavy atom. The molecule has 1 rings (SSSR count). The van der Waals surface area contributed by atoms with E-state index in [1.165, 1.54) is 19.2 Å². The summed E-state index contributed by atoms with van der Waals surface area (Å²) in [6, 6.07) is 2.45. The summed E-state index contributed by atoms with van der Waals surface area (Å²) in [5, 5.41) is 2.80. The minimum absolute atomic E-state index is 0.181. The summed E-state index contributed by atoms with van der Waals surface area (Å²) in [6.45, 7) is 0.220. The number of benzene rings is 1. The highest BCUT2D eigenvalue weighted by molar-refractivity contribution is 5.31. The highest BCUT2D eigenvalue weighted by atomic mass is 19.1. The number of ether oxygens (including phenoxy) is 2. The summed E-state index contributed by atoms with van der Waals surface area (Å²) < 4.78 is 35.9. The highest BCUT2D eigenvalue weighted by Crippen LogP contribution is 2.23. The second-order valence-corrected chi connectivity index (χ2v) is 2.97. The monoisotopic (exact) mass is 217 g/mol. The van der Waals surface area contributed by atoms with Crippen molar-refractivity contribution in [3.63, 3.8) is 0 Å². The predicted octanol–water partition coefficient (Wildman–Crippen LogP) is 1.67. The van der Waals surface area contributed by atoms with Crippen LogP contribution < -0.4 is 10.1 Å². The van der Waals surface area contributed by atoms with Crippen LogP contribution in [0.1, 0.15) is 5.56 Å². The first-order valence-electron chi connectivity index (χ1n) is 4.43. The number of methoxy groups -OCH3 is 1. The minimum atomic E-state index is -0.725. The Balaban J connectivity index is 2.88. The lowest BCUT2D eigenvalue weighted by molar-refractivity contribution is 0.0452. The summed E-state index contributed by atoms with van der Waals surface area (Å²) in [6.07, 6.45) is 0. The molecule has 0 amide bonds. The first-order valence-corrected chi connectivity index (χ1v) is 4.43. The fourth-order valence-corrected chi connectivity index (χ4v) is 1.17. The van der Waals surface area contributed by atoms with Crippen molar-refractivity contribution >= 4 is 0 Å². The van der Waals surface area contributed by atoms with Crippen molar-refractivity contribution in [2.24, 2.45) is 0 Å². The largest absolute Gasteiger partial charge is 0.461 e. The SMILES string of the molecule is CNCc1cc(F)c(OCOC)c(F)c1. The van der Waals surface area contributed by atoms with Gasteiger partial charge >= 0.3 is 0 Å². The topological polar surface area (TPSA) is 30.5 Å². The van der Waals surface area contributed by atoms with Crippen LogP contribution in [-0.4, -0.2) is 21.0 Å². The van der Waals surface area contributed by atoms with Gasteiger partial charge in [0, 0.05) is 13.7 Å². The quantitative estimate of drug-likeness (QED) is 0.761. The Kier molecular flexibility index (Phi) is 4.45. The molecule has 0 atom stereocenters. The lowest BCUT2D eigenvalue weighted by Gasteiger charge is -2.08. The third kappa shape index (κ3) is 3.14. The van der Waals surface area contributed by atoms with E-state index in [0.29, 0.717) is 12.1 Å². The average molecular weight is 217 g/mol. The molecule has 0 aliphatic carbocycles. The van der Waals surface area contributed by atoms with Crippen LogP contribution in [0, 0.1) is 11.6 Å². The van der Waals surface area contributed by atoms with Gasteiger partial charge in [0.2, 0.25) is 0 Å². The molecule has 1 aromatic rings. The van der Waals surface area contributed by atoms with E-state index in [1.807, 2.05) is 0 Å². The van der Waals surface area contributed by atoms with Crippen LogP contribution in [0.5, 0.6) is 5.75 Å². The second kappa shape index (κ2) is 5.63. The first kappa shape index (κ1) is 11.9. The molecular formula is C10H13F2NO2. The molecule has 0 aliphatic rings. The van der Waals surface area contributed by atoms with E-state index in [0.717, 1.165) is 0 Å². The average Bonchev–Trinajstić information content (AvgIpc) is 2.17. The molecule has 0 fully saturated rings. The number of hydrogen-bond donors (Lipinski definition) is 1. The van der Waals surface area contributed by atoms with Gasteiger partial charge in [-0.2, -0.15) is 0 Å². The zero-order chi connectivity index (χ0) is 11.3. The highest BCUT2D eigenvalue weighted by Gasteiger charge is 2.12. The molecule has 0 aromatic heterocycles. The third-order valence-corrected chi connectivity index (χ3v) is 1.76. The van der Waals surface area contributed by atoms with Crippen molar-refractivity contribution in [1.29, 1.82) is 0 Å². The molecule has 3 nitrogen and oxygen atoms in total. The Bertz CT molecular complexity index is 308. The molecule has 1 N–H and O–H groups in total. The van der Waals surface area contributed by atoms with E-state index in [-0.39, 0.29) is 6.79 Å². The van der Waals surface area contributed by atoms with Crippen molar-refractivity contribution in [2.45, 2.75) is 6.54 Å². The summed E-state index contributed by atoms with van der Waals surface area (Å²) >= 11 is 0. The molecule has 0 aliphatic heterocycles. The van der Waals surface area contributed by atoms with Crippen LogP contribution in [0.2, 0.25) is 0 Å². The smallest absolute Gasteiger partial charge is 0.193 e. The Morgan fingerprint density at radius 1 is 1.27 bits per heavy atom. The van der Waals surface area contributed by atoms with E-state index < -0.39 is 17.4 Å². The van der Waals surface area contributed by atoms with Crippen LogP contribution in [0.25, 0.3) is 0 Å². The fraction of sp³-hybridized carbons (Fsp3) is 0.400. The fourth-order valence-electron chi connectivity index (χ4n) is 1.17. The Morgan fingerprint density at radius 3 is 2.33 bits per heavy atom. The lowest BCUT2D eigenvalue weighted by atomic mass is 10.2. The van der Waals surface area contributed by atoms with Gasteiger partial charge in [-0.1, -0.05) is 0 Å². The van der Waals surface area contributed by atoms with E-state index >= 15 is 0 Å². The summed E-state index contributed by atoms with van der Waals surface area (Å²) in [7, 11) is 3.08. The zero-order valence-corrected chi connectivity index (χ0v) is 8.64. The van der Waals surface area contributed by atoms with Crippen LogP contribution in [0.15, 0.2) is 12.1 Å². The van der Waals surface area contributed by atoms with Gasteiger partial charge in [-0.25, -0.2) is 8.78 Å². The normalized spacial score (nSPS) is 10.4. The maximum absolute atomic E-state index is 13.3.